The number of carbonyl (C=O) groups is 1. The molecule has 2 N–H and O–H groups in total. The van der Waals surface area contributed by atoms with Crippen molar-refractivity contribution in [2.24, 2.45) is 11.3 Å². The van der Waals surface area contributed by atoms with E-state index in [1.165, 1.54) is 0 Å². The first kappa shape index (κ1) is 16.6. The number of nitrogens with one attached hydrogen (secondary N) is 1. The Labute approximate surface area is 128 Å². The summed E-state index contributed by atoms with van der Waals surface area (Å²) < 4.78 is 5.39. The van der Waals surface area contributed by atoms with Gasteiger partial charge in [-0.25, -0.2) is 4.79 Å². The number of carboxylic acid groups (broad SMARTS) is 1. The van der Waals surface area contributed by atoms with E-state index in [1.807, 2.05) is 0 Å². The van der Waals surface area contributed by atoms with Gasteiger partial charge in [0.05, 0.1) is 13.2 Å². The van der Waals surface area contributed by atoms with Crippen molar-refractivity contribution in [3.63, 3.8) is 0 Å². The molecule has 2 rings (SSSR count). The lowest BCUT2D eigenvalue weighted by atomic mass is 9.63. The van der Waals surface area contributed by atoms with E-state index in [9.17, 15) is 9.90 Å². The first-order chi connectivity index (χ1) is 9.82. The molecule has 1 amide bonds. The van der Waals surface area contributed by atoms with Crippen LogP contribution in [0.4, 0.5) is 4.79 Å². The highest BCUT2D eigenvalue weighted by Crippen LogP contribution is 2.43. The molecule has 1 saturated heterocycles. The van der Waals surface area contributed by atoms with E-state index >= 15 is 0 Å². The van der Waals surface area contributed by atoms with Gasteiger partial charge in [-0.15, -0.1) is 0 Å². The fourth-order valence-corrected chi connectivity index (χ4v) is 3.77. The van der Waals surface area contributed by atoms with Gasteiger partial charge in [0, 0.05) is 25.2 Å². The number of nitrogens with zero attached hydrogens (tertiary/aromatic N) is 1. The molecule has 5 nitrogen and oxygen atoms in total. The standard InChI is InChI=1S/C16H30N2O3/c1-15(2,3)16(17-14(19)20)6-4-13(5-7-16)12-18-8-10-21-11-9-18/h13,17H,4-12H2,1-3H3,(H,19,20)/t13-,16-. The van der Waals surface area contributed by atoms with E-state index in [0.717, 1.165) is 58.5 Å². The third-order valence-corrected chi connectivity index (χ3v) is 5.36. The molecular formula is C16H30N2O3. The molecule has 0 bridgehead atoms. The number of hydrogen-bond donors (Lipinski definition) is 2. The van der Waals surface area contributed by atoms with Crippen LogP contribution in [0.15, 0.2) is 0 Å². The molecule has 1 aliphatic heterocycles. The number of hydrogen-bond acceptors (Lipinski definition) is 3. The summed E-state index contributed by atoms with van der Waals surface area (Å²) in [6.45, 7) is 11.3. The molecule has 0 spiro atoms. The predicted octanol–water partition coefficient (Wildman–Crippen LogP) is 2.56. The monoisotopic (exact) mass is 298 g/mol. The first-order valence-corrected chi connectivity index (χ1v) is 8.14. The molecule has 5 heteroatoms. The van der Waals surface area contributed by atoms with E-state index < -0.39 is 6.09 Å². The lowest BCUT2D eigenvalue weighted by Crippen LogP contribution is -2.59. The second kappa shape index (κ2) is 6.53. The van der Waals surface area contributed by atoms with Crippen LogP contribution in [-0.2, 0) is 4.74 Å². The topological polar surface area (TPSA) is 61.8 Å². The van der Waals surface area contributed by atoms with Gasteiger partial charge < -0.3 is 15.2 Å². The molecular weight excluding hydrogens is 268 g/mol. The Morgan fingerprint density at radius 1 is 1.29 bits per heavy atom. The van der Waals surface area contributed by atoms with Gasteiger partial charge in [0.15, 0.2) is 0 Å². The molecule has 122 valence electrons. The van der Waals surface area contributed by atoms with Crippen LogP contribution in [-0.4, -0.2) is 54.5 Å². The van der Waals surface area contributed by atoms with Crippen molar-refractivity contribution in [3.05, 3.63) is 0 Å². The molecule has 1 saturated carbocycles. The summed E-state index contributed by atoms with van der Waals surface area (Å²) >= 11 is 0. The summed E-state index contributed by atoms with van der Waals surface area (Å²) in [6, 6.07) is 0. The zero-order valence-corrected chi connectivity index (χ0v) is 13.7. The van der Waals surface area contributed by atoms with E-state index in [-0.39, 0.29) is 11.0 Å². The van der Waals surface area contributed by atoms with Crippen molar-refractivity contribution in [1.82, 2.24) is 10.2 Å². The average Bonchev–Trinajstić information content (AvgIpc) is 2.40. The van der Waals surface area contributed by atoms with E-state index in [0.29, 0.717) is 5.92 Å². The minimum absolute atomic E-state index is 0.0463. The highest BCUT2D eigenvalue weighted by molar-refractivity contribution is 5.65. The van der Waals surface area contributed by atoms with Crippen LogP contribution in [0.25, 0.3) is 0 Å². The number of rotatable bonds is 3. The van der Waals surface area contributed by atoms with Gasteiger partial charge >= 0.3 is 6.09 Å². The molecule has 0 aromatic heterocycles. The molecule has 21 heavy (non-hydrogen) atoms. The number of ether oxygens (including phenoxy) is 1. The Balaban J connectivity index is 1.91. The molecule has 1 aliphatic carbocycles. The van der Waals surface area contributed by atoms with Crippen molar-refractivity contribution in [2.75, 3.05) is 32.8 Å². The van der Waals surface area contributed by atoms with E-state index in [1.54, 1.807) is 0 Å². The van der Waals surface area contributed by atoms with E-state index in [2.05, 4.69) is 31.0 Å². The summed E-state index contributed by atoms with van der Waals surface area (Å²) in [5.74, 6) is 0.689. The van der Waals surface area contributed by atoms with Gasteiger partial charge in [0.2, 0.25) is 0 Å². The second-order valence-electron chi connectivity index (χ2n) is 7.62. The SMILES string of the molecule is CC(C)(C)[C@]1(NC(=O)O)CC[C@H](CN2CCOCC2)CC1. The van der Waals surface area contributed by atoms with Crippen molar-refractivity contribution in [3.8, 4) is 0 Å². The molecule has 0 radical (unpaired) electrons. The predicted molar refractivity (Wildman–Crippen MR) is 82.6 cm³/mol. The Morgan fingerprint density at radius 2 is 1.86 bits per heavy atom. The lowest BCUT2D eigenvalue weighted by molar-refractivity contribution is 0.0164. The highest BCUT2D eigenvalue weighted by Gasteiger charge is 2.45. The first-order valence-electron chi connectivity index (χ1n) is 8.14. The fourth-order valence-electron chi connectivity index (χ4n) is 3.77. The van der Waals surface area contributed by atoms with Crippen LogP contribution in [0, 0.1) is 11.3 Å². The molecule has 2 aliphatic rings. The third-order valence-electron chi connectivity index (χ3n) is 5.36. The molecule has 0 atom stereocenters. The maximum absolute atomic E-state index is 11.2. The fraction of sp³-hybridized carbons (Fsp3) is 0.938. The maximum atomic E-state index is 11.2. The van der Waals surface area contributed by atoms with Crippen LogP contribution in [0.1, 0.15) is 46.5 Å². The van der Waals surface area contributed by atoms with Crippen LogP contribution >= 0.6 is 0 Å². The van der Waals surface area contributed by atoms with Crippen molar-refractivity contribution in [2.45, 2.75) is 52.0 Å². The summed E-state index contributed by atoms with van der Waals surface area (Å²) in [4.78, 5) is 13.7. The van der Waals surface area contributed by atoms with Gasteiger partial charge in [-0.3, -0.25) is 4.90 Å². The van der Waals surface area contributed by atoms with Gasteiger partial charge in [0.25, 0.3) is 0 Å². The summed E-state index contributed by atoms with van der Waals surface area (Å²) in [5, 5.41) is 12.0. The lowest BCUT2D eigenvalue weighted by Gasteiger charge is -2.49. The largest absolute Gasteiger partial charge is 0.465 e. The normalized spacial score (nSPS) is 31.9. The Hall–Kier alpha value is -0.810. The van der Waals surface area contributed by atoms with Crippen molar-refractivity contribution in [1.29, 1.82) is 0 Å². The van der Waals surface area contributed by atoms with Crippen LogP contribution in [0.5, 0.6) is 0 Å². The molecule has 1 heterocycles. The third kappa shape index (κ3) is 4.10. The molecule has 2 fully saturated rings. The zero-order chi connectivity index (χ0) is 15.5. The van der Waals surface area contributed by atoms with Crippen molar-refractivity contribution >= 4 is 6.09 Å². The molecule has 0 aromatic carbocycles. The summed E-state index contributed by atoms with van der Waals surface area (Å²) in [6.07, 6.45) is 3.20. The van der Waals surface area contributed by atoms with Crippen LogP contribution in [0.2, 0.25) is 0 Å². The minimum atomic E-state index is -0.892. The van der Waals surface area contributed by atoms with Crippen LogP contribution < -0.4 is 5.32 Å². The summed E-state index contributed by atoms with van der Waals surface area (Å²) in [5.41, 5.74) is -0.324. The van der Waals surface area contributed by atoms with Crippen molar-refractivity contribution < 1.29 is 14.6 Å². The van der Waals surface area contributed by atoms with E-state index in [4.69, 9.17) is 4.74 Å². The maximum Gasteiger partial charge on any atom is 0.405 e. The zero-order valence-electron chi connectivity index (χ0n) is 13.7. The van der Waals surface area contributed by atoms with Crippen LogP contribution in [0.3, 0.4) is 0 Å². The number of amides is 1. The average molecular weight is 298 g/mol. The highest BCUT2D eigenvalue weighted by atomic mass is 16.5. The van der Waals surface area contributed by atoms with Gasteiger partial charge in [-0.1, -0.05) is 20.8 Å². The minimum Gasteiger partial charge on any atom is -0.465 e. The Morgan fingerprint density at radius 3 is 2.33 bits per heavy atom. The summed E-state index contributed by atoms with van der Waals surface area (Å²) in [7, 11) is 0. The molecule has 0 aromatic rings. The van der Waals surface area contributed by atoms with Gasteiger partial charge in [0.1, 0.15) is 0 Å². The van der Waals surface area contributed by atoms with Gasteiger partial charge in [-0.2, -0.15) is 0 Å². The Kier molecular flexibility index (Phi) is 5.15. The number of morpholine rings is 1. The Bertz CT molecular complexity index is 351. The molecule has 0 unspecified atom stereocenters. The quantitative estimate of drug-likeness (QED) is 0.840. The van der Waals surface area contributed by atoms with Gasteiger partial charge in [-0.05, 0) is 37.0 Å². The smallest absolute Gasteiger partial charge is 0.405 e. The second-order valence-corrected chi connectivity index (χ2v) is 7.62.